The van der Waals surface area contributed by atoms with Gasteiger partial charge in [0.1, 0.15) is 5.76 Å². The van der Waals surface area contributed by atoms with E-state index in [1.807, 2.05) is 22.6 Å². The Kier molecular flexibility index (Phi) is 5.09. The van der Waals surface area contributed by atoms with Crippen molar-refractivity contribution in [2.45, 2.75) is 6.92 Å². The monoisotopic (exact) mass is 397 g/mol. The van der Waals surface area contributed by atoms with E-state index in [1.54, 1.807) is 36.4 Å². The number of carbonyl (C=O) groups excluding carboxylic acids is 2. The lowest BCUT2D eigenvalue weighted by Crippen LogP contribution is -2.17. The van der Waals surface area contributed by atoms with Crippen LogP contribution >= 0.6 is 22.6 Å². The highest BCUT2D eigenvalue weighted by Gasteiger charge is 2.04. The molecule has 2 N–H and O–H groups in total. The van der Waals surface area contributed by atoms with Crippen molar-refractivity contribution in [3.05, 3.63) is 51.5 Å². The predicted octanol–water partition coefficient (Wildman–Crippen LogP) is 2.61. The molecular weight excluding hydrogens is 385 g/mol. The van der Waals surface area contributed by atoms with Crippen LogP contribution in [-0.4, -0.2) is 18.0 Å². The van der Waals surface area contributed by atoms with Gasteiger partial charge in [0.15, 0.2) is 3.77 Å². The second-order valence-electron chi connectivity index (χ2n) is 4.10. The molecule has 7 heteroatoms. The van der Waals surface area contributed by atoms with Crippen LogP contribution in [0.3, 0.4) is 0 Å². The number of hydrogen-bond donors (Lipinski definition) is 2. The number of nitrogens with zero attached hydrogens (tertiary/aromatic N) is 1. The first kappa shape index (κ1) is 15.2. The zero-order chi connectivity index (χ0) is 15.2. The average molecular weight is 397 g/mol. The van der Waals surface area contributed by atoms with Crippen LogP contribution < -0.4 is 10.7 Å². The first-order chi connectivity index (χ1) is 10.0. The maximum atomic E-state index is 11.8. The molecule has 2 aromatic rings. The van der Waals surface area contributed by atoms with E-state index in [9.17, 15) is 9.59 Å². The summed E-state index contributed by atoms with van der Waals surface area (Å²) in [5.41, 5.74) is 3.47. The number of rotatable bonds is 4. The fourth-order valence-electron chi connectivity index (χ4n) is 1.52. The van der Waals surface area contributed by atoms with Crippen LogP contribution in [0.4, 0.5) is 5.69 Å². The lowest BCUT2D eigenvalue weighted by atomic mass is 10.2. The third kappa shape index (κ3) is 4.71. The smallest absolute Gasteiger partial charge is 0.271 e. The van der Waals surface area contributed by atoms with Crippen molar-refractivity contribution in [3.8, 4) is 0 Å². The summed E-state index contributed by atoms with van der Waals surface area (Å²) in [7, 11) is 0. The molecule has 0 fully saturated rings. The third-order valence-corrected chi connectivity index (χ3v) is 3.00. The molecule has 108 valence electrons. The minimum atomic E-state index is -0.345. The van der Waals surface area contributed by atoms with Gasteiger partial charge in [-0.05, 0) is 59.0 Å². The number of hydrazone groups is 1. The lowest BCUT2D eigenvalue weighted by molar-refractivity contribution is -0.114. The molecule has 0 radical (unpaired) electrons. The Morgan fingerprint density at radius 3 is 2.48 bits per heavy atom. The van der Waals surface area contributed by atoms with Gasteiger partial charge in [0.05, 0.1) is 6.21 Å². The van der Waals surface area contributed by atoms with Crippen LogP contribution in [-0.2, 0) is 4.79 Å². The van der Waals surface area contributed by atoms with Gasteiger partial charge >= 0.3 is 0 Å². The number of nitrogens with one attached hydrogen (secondary N) is 2. The SMILES string of the molecule is CC(=O)Nc1ccc(C(=O)NN=Cc2ccc(I)o2)cc1. The maximum absolute atomic E-state index is 11.8. The molecule has 1 aromatic carbocycles. The summed E-state index contributed by atoms with van der Waals surface area (Å²) in [6, 6.07) is 10.0. The molecule has 2 amide bonds. The fraction of sp³-hybridized carbons (Fsp3) is 0.0714. The molecule has 0 unspecified atom stereocenters. The summed E-state index contributed by atoms with van der Waals surface area (Å²) in [6.45, 7) is 1.42. The number of amides is 2. The quantitative estimate of drug-likeness (QED) is 0.473. The molecule has 0 saturated carbocycles. The van der Waals surface area contributed by atoms with Gasteiger partial charge in [-0.3, -0.25) is 9.59 Å². The summed E-state index contributed by atoms with van der Waals surface area (Å²) in [5.74, 6) is 0.0486. The topological polar surface area (TPSA) is 83.7 Å². The highest BCUT2D eigenvalue weighted by atomic mass is 127. The minimum Gasteiger partial charge on any atom is -0.449 e. The second-order valence-corrected chi connectivity index (χ2v) is 5.16. The van der Waals surface area contributed by atoms with Gasteiger partial charge in [-0.2, -0.15) is 5.10 Å². The molecule has 0 saturated heterocycles. The van der Waals surface area contributed by atoms with E-state index < -0.39 is 0 Å². The molecular formula is C14H12IN3O3. The minimum absolute atomic E-state index is 0.162. The Labute approximate surface area is 134 Å². The second kappa shape index (κ2) is 7.02. The van der Waals surface area contributed by atoms with Gasteiger partial charge in [0.25, 0.3) is 5.91 Å². The third-order valence-electron chi connectivity index (χ3n) is 2.42. The Bertz CT molecular complexity index is 677. The summed E-state index contributed by atoms with van der Waals surface area (Å²) in [6.07, 6.45) is 1.42. The van der Waals surface area contributed by atoms with Crippen LogP contribution in [0, 0.1) is 3.77 Å². The van der Waals surface area contributed by atoms with E-state index in [0.717, 1.165) is 3.77 Å². The van der Waals surface area contributed by atoms with Crippen LogP contribution in [0.15, 0.2) is 45.9 Å². The van der Waals surface area contributed by atoms with Crippen molar-refractivity contribution in [1.82, 2.24) is 5.43 Å². The van der Waals surface area contributed by atoms with Gasteiger partial charge in [0, 0.05) is 18.2 Å². The van der Waals surface area contributed by atoms with Gasteiger partial charge in [-0.1, -0.05) is 0 Å². The lowest BCUT2D eigenvalue weighted by Gasteiger charge is -2.03. The van der Waals surface area contributed by atoms with Gasteiger partial charge in [0.2, 0.25) is 5.91 Å². The highest BCUT2D eigenvalue weighted by Crippen LogP contribution is 2.10. The van der Waals surface area contributed by atoms with Crippen molar-refractivity contribution in [3.63, 3.8) is 0 Å². The number of furan rings is 1. The molecule has 0 spiro atoms. The summed E-state index contributed by atoms with van der Waals surface area (Å²) >= 11 is 2.04. The van der Waals surface area contributed by atoms with E-state index in [1.165, 1.54) is 13.1 Å². The zero-order valence-electron chi connectivity index (χ0n) is 11.1. The molecule has 0 aliphatic carbocycles. The Morgan fingerprint density at radius 1 is 1.19 bits per heavy atom. The Hall–Kier alpha value is -2.16. The maximum Gasteiger partial charge on any atom is 0.271 e. The highest BCUT2D eigenvalue weighted by molar-refractivity contribution is 14.1. The molecule has 6 nitrogen and oxygen atoms in total. The number of carbonyl (C=O) groups is 2. The van der Waals surface area contributed by atoms with Crippen molar-refractivity contribution in [2.24, 2.45) is 5.10 Å². The molecule has 0 atom stereocenters. The molecule has 1 aromatic heterocycles. The average Bonchev–Trinajstić information content (AvgIpc) is 2.84. The predicted molar refractivity (Wildman–Crippen MR) is 87.2 cm³/mol. The number of anilines is 1. The molecule has 0 bridgehead atoms. The summed E-state index contributed by atoms with van der Waals surface area (Å²) in [4.78, 5) is 22.7. The molecule has 0 aliphatic heterocycles. The Balaban J connectivity index is 1.94. The zero-order valence-corrected chi connectivity index (χ0v) is 13.2. The molecule has 21 heavy (non-hydrogen) atoms. The molecule has 2 rings (SSSR count). The van der Waals surface area contributed by atoms with Crippen molar-refractivity contribution in [1.29, 1.82) is 0 Å². The van der Waals surface area contributed by atoms with Crippen molar-refractivity contribution < 1.29 is 14.0 Å². The summed E-state index contributed by atoms with van der Waals surface area (Å²) in [5, 5.41) is 6.44. The van der Waals surface area contributed by atoms with Crippen LogP contribution in [0.2, 0.25) is 0 Å². The van der Waals surface area contributed by atoms with E-state index in [0.29, 0.717) is 17.0 Å². The normalized spacial score (nSPS) is 10.6. The van der Waals surface area contributed by atoms with E-state index in [-0.39, 0.29) is 11.8 Å². The Morgan fingerprint density at radius 2 is 1.90 bits per heavy atom. The first-order valence-corrected chi connectivity index (χ1v) is 7.09. The number of hydrogen-bond acceptors (Lipinski definition) is 4. The van der Waals surface area contributed by atoms with E-state index in [2.05, 4.69) is 15.8 Å². The van der Waals surface area contributed by atoms with Gasteiger partial charge in [-0.15, -0.1) is 0 Å². The molecule has 1 heterocycles. The van der Waals surface area contributed by atoms with Crippen LogP contribution in [0.25, 0.3) is 0 Å². The van der Waals surface area contributed by atoms with Gasteiger partial charge < -0.3 is 9.73 Å². The van der Waals surface area contributed by atoms with Crippen LogP contribution in [0.1, 0.15) is 23.0 Å². The van der Waals surface area contributed by atoms with Gasteiger partial charge in [-0.25, -0.2) is 5.43 Å². The number of halogens is 1. The van der Waals surface area contributed by atoms with Crippen molar-refractivity contribution >= 4 is 46.3 Å². The van der Waals surface area contributed by atoms with Crippen molar-refractivity contribution in [2.75, 3.05) is 5.32 Å². The summed E-state index contributed by atoms with van der Waals surface area (Å²) < 4.78 is 6.01. The van der Waals surface area contributed by atoms with Crippen LogP contribution in [0.5, 0.6) is 0 Å². The van der Waals surface area contributed by atoms with E-state index >= 15 is 0 Å². The first-order valence-electron chi connectivity index (χ1n) is 6.01. The number of benzene rings is 1. The van der Waals surface area contributed by atoms with E-state index in [4.69, 9.17) is 4.42 Å². The fourth-order valence-corrected chi connectivity index (χ4v) is 1.96. The largest absolute Gasteiger partial charge is 0.449 e. The standard InChI is InChI=1S/C14H12IN3O3/c1-9(19)17-11-4-2-10(3-5-11)14(20)18-16-8-12-6-7-13(15)21-12/h2-8H,1H3,(H,17,19)(H,18,20). The molecule has 0 aliphatic rings.